The fourth-order valence-electron chi connectivity index (χ4n) is 1.87. The van der Waals surface area contributed by atoms with Crippen LogP contribution in [0.1, 0.15) is 31.9 Å². The van der Waals surface area contributed by atoms with Crippen molar-refractivity contribution in [3.63, 3.8) is 0 Å². The van der Waals surface area contributed by atoms with Gasteiger partial charge in [0.25, 0.3) is 0 Å². The van der Waals surface area contributed by atoms with Crippen molar-refractivity contribution in [1.82, 2.24) is 5.32 Å². The van der Waals surface area contributed by atoms with Gasteiger partial charge in [-0.05, 0) is 36.5 Å². The molecule has 0 aliphatic carbocycles. The second-order valence-corrected chi connectivity index (χ2v) is 5.25. The van der Waals surface area contributed by atoms with E-state index in [2.05, 4.69) is 55.8 Å². The van der Waals surface area contributed by atoms with E-state index < -0.39 is 0 Å². The van der Waals surface area contributed by atoms with Gasteiger partial charge in [0, 0.05) is 6.04 Å². The van der Waals surface area contributed by atoms with E-state index in [0.717, 1.165) is 18.9 Å². The highest BCUT2D eigenvalue weighted by Crippen LogP contribution is 2.16. The van der Waals surface area contributed by atoms with Crippen LogP contribution in [0.15, 0.2) is 30.3 Å². The summed E-state index contributed by atoms with van der Waals surface area (Å²) in [6.45, 7) is 5.65. The van der Waals surface area contributed by atoms with Crippen LogP contribution in [0.4, 0.5) is 0 Å². The van der Waals surface area contributed by atoms with Crippen LogP contribution >= 0.6 is 11.8 Å². The monoisotopic (exact) mass is 237 g/mol. The summed E-state index contributed by atoms with van der Waals surface area (Å²) in [4.78, 5) is 0. The molecule has 0 aliphatic rings. The lowest BCUT2D eigenvalue weighted by atomic mass is 10.0. The van der Waals surface area contributed by atoms with Crippen molar-refractivity contribution >= 4 is 11.8 Å². The van der Waals surface area contributed by atoms with Crippen LogP contribution in [0.2, 0.25) is 0 Å². The average Bonchev–Trinajstić information content (AvgIpc) is 2.31. The molecule has 1 N–H and O–H groups in total. The van der Waals surface area contributed by atoms with Gasteiger partial charge in [0.2, 0.25) is 0 Å². The fraction of sp³-hybridized carbons (Fsp3) is 0.571. The Morgan fingerprint density at radius 1 is 1.25 bits per heavy atom. The Balaban J connectivity index is 2.44. The van der Waals surface area contributed by atoms with Crippen molar-refractivity contribution in [3.05, 3.63) is 35.9 Å². The van der Waals surface area contributed by atoms with Crippen molar-refractivity contribution in [1.29, 1.82) is 0 Å². The lowest BCUT2D eigenvalue weighted by Crippen LogP contribution is -2.26. The first-order chi connectivity index (χ1) is 7.77. The SMILES string of the molecule is CCC(NCC(C)CSC)c1ccccc1. The van der Waals surface area contributed by atoms with Gasteiger partial charge in [-0.2, -0.15) is 11.8 Å². The molecule has 0 saturated carbocycles. The molecule has 16 heavy (non-hydrogen) atoms. The molecule has 1 aromatic carbocycles. The number of hydrogen-bond acceptors (Lipinski definition) is 2. The van der Waals surface area contributed by atoms with Gasteiger partial charge in [-0.25, -0.2) is 0 Å². The summed E-state index contributed by atoms with van der Waals surface area (Å²) in [5.74, 6) is 1.98. The van der Waals surface area contributed by atoms with Crippen LogP contribution < -0.4 is 5.32 Å². The minimum Gasteiger partial charge on any atom is -0.310 e. The molecule has 1 aromatic rings. The predicted molar refractivity (Wildman–Crippen MR) is 75.0 cm³/mol. The molecule has 0 spiro atoms. The molecule has 2 heteroatoms. The molecule has 1 nitrogen and oxygen atoms in total. The number of nitrogens with one attached hydrogen (secondary N) is 1. The second-order valence-electron chi connectivity index (χ2n) is 4.34. The van der Waals surface area contributed by atoms with Crippen molar-refractivity contribution in [3.8, 4) is 0 Å². The van der Waals surface area contributed by atoms with Gasteiger partial charge < -0.3 is 5.32 Å². The van der Waals surface area contributed by atoms with Gasteiger partial charge in [0.05, 0.1) is 0 Å². The molecular formula is C14H23NS. The van der Waals surface area contributed by atoms with E-state index in [1.807, 2.05) is 11.8 Å². The van der Waals surface area contributed by atoms with Gasteiger partial charge in [-0.3, -0.25) is 0 Å². The quantitative estimate of drug-likeness (QED) is 0.775. The summed E-state index contributed by atoms with van der Waals surface area (Å²) in [6.07, 6.45) is 3.32. The maximum absolute atomic E-state index is 3.66. The molecule has 0 saturated heterocycles. The lowest BCUT2D eigenvalue weighted by molar-refractivity contribution is 0.468. The highest BCUT2D eigenvalue weighted by Gasteiger charge is 2.09. The highest BCUT2D eigenvalue weighted by molar-refractivity contribution is 7.98. The molecule has 0 fully saturated rings. The number of rotatable bonds is 7. The summed E-state index contributed by atoms with van der Waals surface area (Å²) in [6, 6.07) is 11.2. The summed E-state index contributed by atoms with van der Waals surface area (Å²) < 4.78 is 0. The Hall–Kier alpha value is -0.470. The summed E-state index contributed by atoms with van der Waals surface area (Å²) in [5, 5.41) is 3.66. The molecule has 90 valence electrons. The zero-order chi connectivity index (χ0) is 11.8. The Kier molecular flexibility index (Phi) is 6.58. The Bertz CT molecular complexity index is 273. The predicted octanol–water partition coefficient (Wildman–Crippen LogP) is 3.73. The normalized spacial score (nSPS) is 14.7. The largest absolute Gasteiger partial charge is 0.310 e. The molecule has 2 atom stereocenters. The van der Waals surface area contributed by atoms with Gasteiger partial charge in [-0.1, -0.05) is 44.2 Å². The van der Waals surface area contributed by atoms with Gasteiger partial charge in [0.15, 0.2) is 0 Å². The van der Waals surface area contributed by atoms with E-state index in [4.69, 9.17) is 0 Å². The van der Waals surface area contributed by atoms with Crippen molar-refractivity contribution in [2.45, 2.75) is 26.3 Å². The molecule has 0 bridgehead atoms. The summed E-state index contributed by atoms with van der Waals surface area (Å²) >= 11 is 1.92. The fourth-order valence-corrected chi connectivity index (χ4v) is 2.56. The van der Waals surface area contributed by atoms with Gasteiger partial charge in [0.1, 0.15) is 0 Å². The van der Waals surface area contributed by atoms with Crippen molar-refractivity contribution in [2.75, 3.05) is 18.6 Å². The topological polar surface area (TPSA) is 12.0 Å². The maximum Gasteiger partial charge on any atom is 0.0317 e. The smallest absolute Gasteiger partial charge is 0.0317 e. The number of hydrogen-bond donors (Lipinski definition) is 1. The van der Waals surface area contributed by atoms with Crippen LogP contribution in [0.25, 0.3) is 0 Å². The second kappa shape index (κ2) is 7.75. The van der Waals surface area contributed by atoms with Crippen LogP contribution in [0.3, 0.4) is 0 Å². The third-order valence-electron chi connectivity index (χ3n) is 2.77. The van der Waals surface area contributed by atoms with Crippen molar-refractivity contribution < 1.29 is 0 Å². The molecule has 0 aliphatic heterocycles. The minimum atomic E-state index is 0.505. The highest BCUT2D eigenvalue weighted by atomic mass is 32.2. The Morgan fingerprint density at radius 2 is 1.94 bits per heavy atom. The first kappa shape index (κ1) is 13.6. The molecular weight excluding hydrogens is 214 g/mol. The molecule has 0 heterocycles. The lowest BCUT2D eigenvalue weighted by Gasteiger charge is -2.20. The molecule has 2 unspecified atom stereocenters. The maximum atomic E-state index is 3.66. The molecule has 0 amide bonds. The van der Waals surface area contributed by atoms with Crippen LogP contribution in [-0.2, 0) is 0 Å². The standard InChI is InChI=1S/C14H23NS/c1-4-14(13-8-6-5-7-9-13)15-10-12(2)11-16-3/h5-9,12,14-15H,4,10-11H2,1-3H3. The van der Waals surface area contributed by atoms with Crippen LogP contribution in [0, 0.1) is 5.92 Å². The van der Waals surface area contributed by atoms with Crippen LogP contribution in [-0.4, -0.2) is 18.6 Å². The molecule has 1 rings (SSSR count). The van der Waals surface area contributed by atoms with Crippen molar-refractivity contribution in [2.24, 2.45) is 5.92 Å². The third-order valence-corrected chi connectivity index (χ3v) is 3.68. The van der Waals surface area contributed by atoms with E-state index >= 15 is 0 Å². The molecule has 0 aromatic heterocycles. The Labute approximate surface area is 104 Å². The Morgan fingerprint density at radius 3 is 2.50 bits per heavy atom. The number of thioether (sulfide) groups is 1. The van der Waals surface area contributed by atoms with Gasteiger partial charge >= 0.3 is 0 Å². The first-order valence-electron chi connectivity index (χ1n) is 6.05. The third kappa shape index (κ3) is 4.58. The van der Waals surface area contributed by atoms with Gasteiger partial charge in [-0.15, -0.1) is 0 Å². The zero-order valence-electron chi connectivity index (χ0n) is 10.6. The number of benzene rings is 1. The zero-order valence-corrected chi connectivity index (χ0v) is 11.4. The average molecular weight is 237 g/mol. The summed E-state index contributed by atoms with van der Waals surface area (Å²) in [7, 11) is 0. The summed E-state index contributed by atoms with van der Waals surface area (Å²) in [5.41, 5.74) is 1.40. The molecule has 0 radical (unpaired) electrons. The minimum absolute atomic E-state index is 0.505. The first-order valence-corrected chi connectivity index (χ1v) is 7.44. The van der Waals surface area contributed by atoms with E-state index in [1.54, 1.807) is 0 Å². The van der Waals surface area contributed by atoms with E-state index in [0.29, 0.717) is 6.04 Å². The van der Waals surface area contributed by atoms with Crippen LogP contribution in [0.5, 0.6) is 0 Å². The van der Waals surface area contributed by atoms with E-state index in [9.17, 15) is 0 Å². The van der Waals surface area contributed by atoms with E-state index in [1.165, 1.54) is 11.3 Å². The van der Waals surface area contributed by atoms with E-state index in [-0.39, 0.29) is 0 Å².